The average Bonchev–Trinajstić information content (AvgIpc) is 2.29. The molecule has 0 saturated carbocycles. The normalized spacial score (nSPS) is 8.60. The van der Waals surface area contributed by atoms with Crippen molar-refractivity contribution in [3.63, 3.8) is 0 Å². The van der Waals surface area contributed by atoms with Gasteiger partial charge in [0.15, 0.2) is 5.11 Å². The van der Waals surface area contributed by atoms with Crippen LogP contribution in [-0.4, -0.2) is 19.2 Å². The Hall–Kier alpha value is -1.09. The van der Waals surface area contributed by atoms with Gasteiger partial charge in [0.1, 0.15) is 0 Å². The monoisotopic (exact) mass is 224 g/mol. The molecule has 0 bridgehead atoms. The van der Waals surface area contributed by atoms with Crippen LogP contribution >= 0.6 is 12.2 Å². The van der Waals surface area contributed by atoms with Gasteiger partial charge in [-0.25, -0.2) is 0 Å². The molecule has 2 nitrogen and oxygen atoms in total. The van der Waals surface area contributed by atoms with E-state index in [0.29, 0.717) is 0 Å². The van der Waals surface area contributed by atoms with Gasteiger partial charge in [-0.1, -0.05) is 26.0 Å². The van der Waals surface area contributed by atoms with Gasteiger partial charge in [0, 0.05) is 19.8 Å². The predicted molar refractivity (Wildman–Crippen MR) is 72.6 cm³/mol. The highest BCUT2D eigenvalue weighted by Gasteiger charge is 2.03. The minimum atomic E-state index is 0.727. The summed E-state index contributed by atoms with van der Waals surface area (Å²) in [7, 11) is 3.78. The van der Waals surface area contributed by atoms with Crippen molar-refractivity contribution in [2.75, 3.05) is 19.0 Å². The minimum absolute atomic E-state index is 0.727. The van der Waals surface area contributed by atoms with E-state index in [0.717, 1.165) is 10.8 Å². The van der Waals surface area contributed by atoms with Crippen LogP contribution in [0.1, 0.15) is 19.4 Å². The quantitative estimate of drug-likeness (QED) is 0.738. The van der Waals surface area contributed by atoms with Crippen LogP contribution < -0.4 is 10.2 Å². The van der Waals surface area contributed by atoms with Crippen LogP contribution in [0.25, 0.3) is 0 Å². The first-order chi connectivity index (χ1) is 7.15. The number of hydrogen-bond acceptors (Lipinski definition) is 1. The maximum atomic E-state index is 5.12. The first-order valence-corrected chi connectivity index (χ1v) is 5.58. The molecule has 0 heterocycles. The largest absolute Gasteiger partial charge is 0.365 e. The second-order valence-corrected chi connectivity index (χ2v) is 3.34. The lowest BCUT2D eigenvalue weighted by molar-refractivity contribution is 1.12. The summed E-state index contributed by atoms with van der Waals surface area (Å²) in [6.07, 6.45) is 0. The minimum Gasteiger partial charge on any atom is -0.365 e. The lowest BCUT2D eigenvalue weighted by Gasteiger charge is -2.19. The molecular weight excluding hydrogens is 204 g/mol. The standard InChI is InChI=1S/C10H14N2S.C2H6/c1-8-5-4-6-9(7-8)12(3)10(13)11-2;1-2/h4-7H,1-3H3,(H,11,13);1-2H3. The van der Waals surface area contributed by atoms with Crippen molar-refractivity contribution in [2.24, 2.45) is 0 Å². The van der Waals surface area contributed by atoms with Crippen molar-refractivity contribution >= 4 is 23.0 Å². The van der Waals surface area contributed by atoms with Crippen molar-refractivity contribution in [2.45, 2.75) is 20.8 Å². The molecule has 0 aliphatic heterocycles. The van der Waals surface area contributed by atoms with E-state index in [1.165, 1.54) is 5.56 Å². The Balaban J connectivity index is 0.000000921. The number of thiocarbonyl (C=S) groups is 1. The Morgan fingerprint density at radius 3 is 2.40 bits per heavy atom. The Labute approximate surface area is 98.3 Å². The summed E-state index contributed by atoms with van der Waals surface area (Å²) >= 11 is 5.12. The molecule has 1 aromatic rings. The second-order valence-electron chi connectivity index (χ2n) is 2.95. The molecule has 0 aromatic heterocycles. The van der Waals surface area contributed by atoms with E-state index in [2.05, 4.69) is 24.4 Å². The summed E-state index contributed by atoms with van der Waals surface area (Å²) in [5.74, 6) is 0. The molecule has 0 fully saturated rings. The number of rotatable bonds is 1. The van der Waals surface area contributed by atoms with E-state index < -0.39 is 0 Å². The van der Waals surface area contributed by atoms with Crippen molar-refractivity contribution in [3.05, 3.63) is 29.8 Å². The lowest BCUT2D eigenvalue weighted by atomic mass is 10.2. The maximum Gasteiger partial charge on any atom is 0.172 e. The average molecular weight is 224 g/mol. The molecule has 15 heavy (non-hydrogen) atoms. The third-order valence-corrected chi connectivity index (χ3v) is 2.39. The molecule has 1 aromatic carbocycles. The molecule has 0 aliphatic rings. The summed E-state index contributed by atoms with van der Waals surface area (Å²) in [5, 5.41) is 3.67. The number of hydrogen-bond donors (Lipinski definition) is 1. The van der Waals surface area contributed by atoms with Gasteiger partial charge in [0.2, 0.25) is 0 Å². The number of nitrogens with zero attached hydrogens (tertiary/aromatic N) is 1. The molecule has 84 valence electrons. The van der Waals surface area contributed by atoms with Crippen molar-refractivity contribution in [1.29, 1.82) is 0 Å². The predicted octanol–water partition coefficient (Wildman–Crippen LogP) is 2.96. The van der Waals surface area contributed by atoms with Crippen molar-refractivity contribution < 1.29 is 0 Å². The SMILES string of the molecule is CC.CNC(=S)N(C)c1cccc(C)c1. The smallest absolute Gasteiger partial charge is 0.172 e. The second kappa shape index (κ2) is 7.23. The molecule has 0 saturated heterocycles. The zero-order chi connectivity index (χ0) is 11.8. The Morgan fingerprint density at radius 2 is 1.93 bits per heavy atom. The van der Waals surface area contributed by atoms with Crippen LogP contribution in [0.15, 0.2) is 24.3 Å². The summed E-state index contributed by atoms with van der Waals surface area (Å²) in [4.78, 5) is 1.95. The van der Waals surface area contributed by atoms with Crippen LogP contribution in [0.3, 0.4) is 0 Å². The van der Waals surface area contributed by atoms with Crippen LogP contribution in [-0.2, 0) is 0 Å². The first kappa shape index (κ1) is 13.9. The van der Waals surface area contributed by atoms with Gasteiger partial charge < -0.3 is 10.2 Å². The molecule has 0 amide bonds. The van der Waals surface area contributed by atoms with Crippen LogP contribution in [0.2, 0.25) is 0 Å². The number of anilines is 1. The van der Waals surface area contributed by atoms with Gasteiger partial charge in [-0.3, -0.25) is 0 Å². The summed E-state index contributed by atoms with van der Waals surface area (Å²) < 4.78 is 0. The summed E-state index contributed by atoms with van der Waals surface area (Å²) in [5.41, 5.74) is 2.35. The van der Waals surface area contributed by atoms with E-state index in [1.54, 1.807) is 0 Å². The highest BCUT2D eigenvalue weighted by molar-refractivity contribution is 7.80. The van der Waals surface area contributed by atoms with Gasteiger partial charge in [0.25, 0.3) is 0 Å². The van der Waals surface area contributed by atoms with Crippen LogP contribution in [0.5, 0.6) is 0 Å². The molecule has 1 N–H and O–H groups in total. The third kappa shape index (κ3) is 4.30. The Kier molecular flexibility index (Phi) is 6.71. The molecule has 3 heteroatoms. The van der Waals surface area contributed by atoms with Crippen molar-refractivity contribution in [1.82, 2.24) is 5.32 Å². The summed E-state index contributed by atoms with van der Waals surface area (Å²) in [6, 6.07) is 8.24. The Morgan fingerprint density at radius 1 is 1.33 bits per heavy atom. The van der Waals surface area contributed by atoms with Crippen LogP contribution in [0.4, 0.5) is 5.69 Å². The summed E-state index contributed by atoms with van der Waals surface area (Å²) in [6.45, 7) is 6.07. The number of benzene rings is 1. The van der Waals surface area contributed by atoms with Gasteiger partial charge in [-0.15, -0.1) is 0 Å². The molecule has 0 aliphatic carbocycles. The highest BCUT2D eigenvalue weighted by atomic mass is 32.1. The molecule has 0 unspecified atom stereocenters. The van der Waals surface area contributed by atoms with Gasteiger partial charge in [-0.05, 0) is 36.8 Å². The molecule has 1 rings (SSSR count). The fraction of sp³-hybridized carbons (Fsp3) is 0.417. The highest BCUT2D eigenvalue weighted by Crippen LogP contribution is 2.13. The zero-order valence-corrected chi connectivity index (χ0v) is 11.0. The topological polar surface area (TPSA) is 15.3 Å². The third-order valence-electron chi connectivity index (χ3n) is 1.91. The lowest BCUT2D eigenvalue weighted by Crippen LogP contribution is -2.34. The van der Waals surface area contributed by atoms with Gasteiger partial charge >= 0.3 is 0 Å². The fourth-order valence-corrected chi connectivity index (χ4v) is 1.23. The molecule has 0 atom stereocenters. The maximum absolute atomic E-state index is 5.12. The molecular formula is C12H20N2S. The van der Waals surface area contributed by atoms with E-state index in [9.17, 15) is 0 Å². The first-order valence-electron chi connectivity index (χ1n) is 5.17. The van der Waals surface area contributed by atoms with Gasteiger partial charge in [0.05, 0.1) is 0 Å². The van der Waals surface area contributed by atoms with Crippen LogP contribution in [0, 0.1) is 6.92 Å². The van der Waals surface area contributed by atoms with E-state index >= 15 is 0 Å². The van der Waals surface area contributed by atoms with E-state index in [1.807, 2.05) is 45.0 Å². The molecule has 0 radical (unpaired) electrons. The zero-order valence-electron chi connectivity index (χ0n) is 10.2. The number of nitrogens with one attached hydrogen (secondary N) is 1. The van der Waals surface area contributed by atoms with Crippen molar-refractivity contribution in [3.8, 4) is 0 Å². The fourth-order valence-electron chi connectivity index (χ4n) is 1.12. The van der Waals surface area contributed by atoms with Gasteiger partial charge in [-0.2, -0.15) is 0 Å². The van der Waals surface area contributed by atoms with E-state index in [4.69, 9.17) is 12.2 Å². The number of aryl methyl sites for hydroxylation is 1. The van der Waals surface area contributed by atoms with E-state index in [-0.39, 0.29) is 0 Å². The molecule has 0 spiro atoms. The Bertz CT molecular complexity index is 310.